The molecule has 0 spiro atoms. The zero-order chi connectivity index (χ0) is 14.0. The predicted octanol–water partition coefficient (Wildman–Crippen LogP) is 4.13. The molecule has 0 aliphatic carbocycles. The monoisotopic (exact) mass is 288 g/mol. The topological polar surface area (TPSA) is 48.1 Å². The fourth-order valence-corrected chi connectivity index (χ4v) is 1.49. The second kappa shape index (κ2) is 4.97. The summed E-state index contributed by atoms with van der Waals surface area (Å²) in [5, 5.41) is 0.254. The van der Waals surface area contributed by atoms with Gasteiger partial charge in [-0.05, 0) is 18.2 Å². The van der Waals surface area contributed by atoms with E-state index in [4.69, 9.17) is 22.1 Å². The van der Waals surface area contributed by atoms with Crippen LogP contribution < -0.4 is 10.5 Å². The first-order chi connectivity index (χ1) is 8.86. The molecule has 7 heteroatoms. The minimum atomic E-state index is -4.52. The summed E-state index contributed by atoms with van der Waals surface area (Å²) in [6.45, 7) is 0. The zero-order valence-corrected chi connectivity index (χ0v) is 10.2. The van der Waals surface area contributed by atoms with Crippen LogP contribution in [-0.2, 0) is 6.18 Å². The number of rotatable bonds is 2. The first kappa shape index (κ1) is 13.5. The summed E-state index contributed by atoms with van der Waals surface area (Å²) in [5.74, 6) is 0.0849. The highest BCUT2D eigenvalue weighted by molar-refractivity contribution is 6.33. The highest BCUT2D eigenvalue weighted by Crippen LogP contribution is 2.31. The molecule has 0 atom stereocenters. The van der Waals surface area contributed by atoms with E-state index in [1.807, 2.05) is 0 Å². The number of hydrogen-bond donors (Lipinski definition) is 1. The van der Waals surface area contributed by atoms with Gasteiger partial charge in [-0.2, -0.15) is 13.2 Å². The van der Waals surface area contributed by atoms with Gasteiger partial charge in [-0.1, -0.05) is 17.7 Å². The Morgan fingerprint density at radius 1 is 1.16 bits per heavy atom. The Kier molecular flexibility index (Phi) is 3.53. The second-order valence-corrected chi connectivity index (χ2v) is 4.05. The standard InChI is InChI=1S/C12H8ClF3N2O/c13-8-6-7(4-5-9(8)17)19-11-3-1-2-10(18-11)12(14,15)16/h1-6H,17H2. The van der Waals surface area contributed by atoms with E-state index >= 15 is 0 Å². The summed E-state index contributed by atoms with van der Waals surface area (Å²) in [4.78, 5) is 3.37. The number of nitrogens with two attached hydrogens (primary N) is 1. The van der Waals surface area contributed by atoms with E-state index in [9.17, 15) is 13.2 Å². The highest BCUT2D eigenvalue weighted by Gasteiger charge is 2.32. The Bertz CT molecular complexity index is 602. The Balaban J connectivity index is 2.26. The SMILES string of the molecule is Nc1ccc(Oc2cccc(C(F)(F)F)n2)cc1Cl. The number of anilines is 1. The maximum atomic E-state index is 12.5. The summed E-state index contributed by atoms with van der Waals surface area (Å²) in [7, 11) is 0. The number of halogens is 4. The van der Waals surface area contributed by atoms with Crippen molar-refractivity contribution in [2.75, 3.05) is 5.73 Å². The van der Waals surface area contributed by atoms with Crippen LogP contribution in [0, 0.1) is 0 Å². The molecular weight excluding hydrogens is 281 g/mol. The number of pyridine rings is 1. The molecule has 19 heavy (non-hydrogen) atoms. The molecule has 0 radical (unpaired) electrons. The minimum absolute atomic E-state index is 0.171. The van der Waals surface area contributed by atoms with Gasteiger partial charge in [0.2, 0.25) is 5.88 Å². The van der Waals surface area contributed by atoms with Crippen molar-refractivity contribution >= 4 is 17.3 Å². The van der Waals surface area contributed by atoms with Crippen molar-refractivity contribution in [2.45, 2.75) is 6.18 Å². The van der Waals surface area contributed by atoms with Crippen molar-refractivity contribution < 1.29 is 17.9 Å². The van der Waals surface area contributed by atoms with Gasteiger partial charge in [0.15, 0.2) is 0 Å². The number of benzene rings is 1. The lowest BCUT2D eigenvalue weighted by molar-refractivity contribution is -0.141. The zero-order valence-electron chi connectivity index (χ0n) is 9.41. The van der Waals surface area contributed by atoms with Crippen LogP contribution in [0.25, 0.3) is 0 Å². The summed E-state index contributed by atoms with van der Waals surface area (Å²) < 4.78 is 42.6. The molecule has 0 bridgehead atoms. The summed E-state index contributed by atoms with van der Waals surface area (Å²) in [5.41, 5.74) is 4.84. The average molecular weight is 289 g/mol. The molecule has 1 heterocycles. The summed E-state index contributed by atoms with van der Waals surface area (Å²) in [6, 6.07) is 7.78. The largest absolute Gasteiger partial charge is 0.439 e. The number of nitrogens with zero attached hydrogens (tertiary/aromatic N) is 1. The van der Waals surface area contributed by atoms with Gasteiger partial charge in [-0.3, -0.25) is 0 Å². The van der Waals surface area contributed by atoms with E-state index in [2.05, 4.69) is 4.98 Å². The molecule has 0 aliphatic heterocycles. The highest BCUT2D eigenvalue weighted by atomic mass is 35.5. The third-order valence-electron chi connectivity index (χ3n) is 2.21. The molecule has 0 aliphatic rings. The van der Waals surface area contributed by atoms with Crippen molar-refractivity contribution in [1.82, 2.24) is 4.98 Å². The van der Waals surface area contributed by atoms with E-state index in [0.29, 0.717) is 5.69 Å². The Labute approximate surface area is 111 Å². The van der Waals surface area contributed by atoms with Gasteiger partial charge in [0.05, 0.1) is 10.7 Å². The normalized spacial score (nSPS) is 11.4. The average Bonchev–Trinajstić information content (AvgIpc) is 2.33. The van der Waals surface area contributed by atoms with E-state index in [1.165, 1.54) is 30.3 Å². The summed E-state index contributed by atoms with van der Waals surface area (Å²) in [6.07, 6.45) is -4.52. The van der Waals surface area contributed by atoms with Gasteiger partial charge in [0, 0.05) is 12.1 Å². The molecule has 1 aromatic carbocycles. The molecule has 0 saturated carbocycles. The second-order valence-electron chi connectivity index (χ2n) is 3.64. The van der Waals surface area contributed by atoms with E-state index in [0.717, 1.165) is 6.07 Å². The van der Waals surface area contributed by atoms with Crippen molar-refractivity contribution in [3.63, 3.8) is 0 Å². The molecule has 0 saturated heterocycles. The third-order valence-corrected chi connectivity index (χ3v) is 2.54. The van der Waals surface area contributed by atoms with Crippen LogP contribution in [0.2, 0.25) is 5.02 Å². The van der Waals surface area contributed by atoms with Crippen LogP contribution in [0.5, 0.6) is 11.6 Å². The molecule has 2 rings (SSSR count). The first-order valence-corrected chi connectivity index (χ1v) is 5.51. The lowest BCUT2D eigenvalue weighted by Gasteiger charge is -2.09. The van der Waals surface area contributed by atoms with Crippen molar-refractivity contribution in [3.05, 3.63) is 47.1 Å². The van der Waals surface area contributed by atoms with Gasteiger partial charge in [0.25, 0.3) is 0 Å². The van der Waals surface area contributed by atoms with Crippen molar-refractivity contribution in [2.24, 2.45) is 0 Å². The Morgan fingerprint density at radius 2 is 1.89 bits per heavy atom. The number of hydrogen-bond acceptors (Lipinski definition) is 3. The van der Waals surface area contributed by atoms with E-state index in [-0.39, 0.29) is 16.7 Å². The van der Waals surface area contributed by atoms with Crippen LogP contribution in [0.1, 0.15) is 5.69 Å². The smallest absolute Gasteiger partial charge is 0.433 e. The molecule has 2 aromatic rings. The molecule has 3 nitrogen and oxygen atoms in total. The van der Waals surface area contributed by atoms with Gasteiger partial charge in [0.1, 0.15) is 11.4 Å². The molecule has 0 fully saturated rings. The predicted molar refractivity (Wildman–Crippen MR) is 65.2 cm³/mol. The van der Waals surface area contributed by atoms with Gasteiger partial charge < -0.3 is 10.5 Å². The summed E-state index contributed by atoms with van der Waals surface area (Å²) >= 11 is 5.78. The fourth-order valence-electron chi connectivity index (χ4n) is 1.32. The molecule has 0 amide bonds. The molecular formula is C12H8ClF3N2O. The molecule has 100 valence electrons. The van der Waals surface area contributed by atoms with E-state index in [1.54, 1.807) is 0 Å². The third kappa shape index (κ3) is 3.29. The van der Waals surface area contributed by atoms with Gasteiger partial charge >= 0.3 is 6.18 Å². The van der Waals surface area contributed by atoms with Crippen LogP contribution in [-0.4, -0.2) is 4.98 Å². The lowest BCUT2D eigenvalue weighted by atomic mass is 10.3. The maximum absolute atomic E-state index is 12.5. The molecule has 2 N–H and O–H groups in total. The van der Waals surface area contributed by atoms with Crippen LogP contribution in [0.3, 0.4) is 0 Å². The number of ether oxygens (including phenoxy) is 1. The van der Waals surface area contributed by atoms with Crippen molar-refractivity contribution in [3.8, 4) is 11.6 Å². The molecule has 1 aromatic heterocycles. The first-order valence-electron chi connectivity index (χ1n) is 5.13. The van der Waals surface area contributed by atoms with Crippen LogP contribution in [0.4, 0.5) is 18.9 Å². The fraction of sp³-hybridized carbons (Fsp3) is 0.0833. The number of nitrogen functional groups attached to an aromatic ring is 1. The lowest BCUT2D eigenvalue weighted by Crippen LogP contribution is -2.07. The number of aromatic nitrogens is 1. The van der Waals surface area contributed by atoms with E-state index < -0.39 is 11.9 Å². The van der Waals surface area contributed by atoms with Crippen molar-refractivity contribution in [1.29, 1.82) is 0 Å². The maximum Gasteiger partial charge on any atom is 0.433 e. The van der Waals surface area contributed by atoms with Crippen LogP contribution in [0.15, 0.2) is 36.4 Å². The van der Waals surface area contributed by atoms with Gasteiger partial charge in [-0.15, -0.1) is 0 Å². The number of alkyl halides is 3. The van der Waals surface area contributed by atoms with Gasteiger partial charge in [-0.25, -0.2) is 4.98 Å². The Morgan fingerprint density at radius 3 is 2.53 bits per heavy atom. The Hall–Kier alpha value is -1.95. The van der Waals surface area contributed by atoms with Crippen LogP contribution >= 0.6 is 11.6 Å². The minimum Gasteiger partial charge on any atom is -0.439 e. The molecule has 0 unspecified atom stereocenters. The quantitative estimate of drug-likeness (QED) is 0.845.